The van der Waals surface area contributed by atoms with E-state index in [1.54, 1.807) is 6.20 Å². The van der Waals surface area contributed by atoms with Crippen LogP contribution >= 0.6 is 11.6 Å². The summed E-state index contributed by atoms with van der Waals surface area (Å²) < 4.78 is 0. The van der Waals surface area contributed by atoms with Crippen molar-refractivity contribution in [2.75, 3.05) is 32.7 Å². The number of rotatable bonds is 7. The minimum Gasteiger partial charge on any atom is -0.386 e. The second kappa shape index (κ2) is 9.50. The number of hydrogen-bond acceptors (Lipinski definition) is 5. The third kappa shape index (κ3) is 4.58. The lowest BCUT2D eigenvalue weighted by molar-refractivity contribution is 0.271. The number of pyridine rings is 1. The molecule has 31 heavy (non-hydrogen) atoms. The molecule has 0 bridgehead atoms. The molecule has 0 saturated heterocycles. The fraction of sp³-hybridized carbons (Fsp3) is 0.280. The highest BCUT2D eigenvalue weighted by molar-refractivity contribution is 6.35. The highest BCUT2D eigenvalue weighted by atomic mass is 35.5. The monoisotopic (exact) mass is 433 g/mol. The van der Waals surface area contributed by atoms with E-state index in [1.165, 1.54) is 0 Å². The van der Waals surface area contributed by atoms with E-state index in [0.717, 1.165) is 59.6 Å². The van der Waals surface area contributed by atoms with Crippen LogP contribution in [-0.2, 0) is 0 Å². The number of amidine groups is 1. The topological polar surface area (TPSA) is 57.8 Å². The van der Waals surface area contributed by atoms with Crippen LogP contribution in [0.15, 0.2) is 65.8 Å². The first-order valence-corrected chi connectivity index (χ1v) is 11.1. The minimum absolute atomic E-state index is 0.593. The molecule has 1 aromatic heterocycles. The number of aromatic nitrogens is 1. The van der Waals surface area contributed by atoms with Crippen LogP contribution < -0.4 is 5.73 Å². The molecule has 0 aliphatic carbocycles. The standard InChI is InChI=1S/C25H28ClN5/c1-3-30(4-2)13-14-31-17-22(27)29-24(18-9-6-5-7-10-18)25(31)20-15-19-11-8-12-28-23(19)21(26)16-20/h5-12,15-16H,3-4,13-14,17H2,1-2H3,(H2,27,29). The van der Waals surface area contributed by atoms with Gasteiger partial charge in [-0.3, -0.25) is 4.98 Å². The van der Waals surface area contributed by atoms with E-state index >= 15 is 0 Å². The molecule has 0 unspecified atom stereocenters. The fourth-order valence-electron chi connectivity index (χ4n) is 4.05. The number of nitrogens with two attached hydrogens (primary N) is 1. The molecule has 4 rings (SSSR count). The van der Waals surface area contributed by atoms with Gasteiger partial charge in [-0.1, -0.05) is 61.8 Å². The van der Waals surface area contributed by atoms with Crippen molar-refractivity contribution >= 4 is 39.7 Å². The zero-order valence-electron chi connectivity index (χ0n) is 18.1. The quantitative estimate of drug-likeness (QED) is 0.585. The molecule has 3 aromatic rings. The lowest BCUT2D eigenvalue weighted by Crippen LogP contribution is -2.41. The summed E-state index contributed by atoms with van der Waals surface area (Å²) in [5.74, 6) is 0.621. The van der Waals surface area contributed by atoms with Gasteiger partial charge in [0.05, 0.1) is 28.5 Å². The Kier molecular flexibility index (Phi) is 6.54. The van der Waals surface area contributed by atoms with Crippen molar-refractivity contribution in [1.82, 2.24) is 14.8 Å². The van der Waals surface area contributed by atoms with Gasteiger partial charge in [0.2, 0.25) is 0 Å². The molecule has 2 aromatic carbocycles. The number of benzene rings is 2. The molecule has 0 fully saturated rings. The van der Waals surface area contributed by atoms with Crippen LogP contribution in [0, 0.1) is 0 Å². The smallest absolute Gasteiger partial charge is 0.119 e. The van der Waals surface area contributed by atoms with Gasteiger partial charge in [-0.25, -0.2) is 4.99 Å². The number of aliphatic imine (C=N–C) groups is 1. The Bertz CT molecular complexity index is 1120. The Morgan fingerprint density at radius 2 is 1.81 bits per heavy atom. The summed E-state index contributed by atoms with van der Waals surface area (Å²) in [4.78, 5) is 14.0. The predicted molar refractivity (Wildman–Crippen MR) is 131 cm³/mol. The Morgan fingerprint density at radius 3 is 2.55 bits per heavy atom. The molecule has 1 aliphatic heterocycles. The highest BCUT2D eigenvalue weighted by Crippen LogP contribution is 2.36. The average Bonchev–Trinajstić information content (AvgIpc) is 2.80. The lowest BCUT2D eigenvalue weighted by atomic mass is 10.0. The molecule has 0 saturated carbocycles. The maximum Gasteiger partial charge on any atom is 0.119 e. The number of likely N-dealkylation sites (N-methyl/N-ethyl adjacent to an activating group) is 1. The van der Waals surface area contributed by atoms with Crippen molar-refractivity contribution in [3.8, 4) is 0 Å². The van der Waals surface area contributed by atoms with Crippen molar-refractivity contribution in [2.45, 2.75) is 13.8 Å². The maximum atomic E-state index is 6.65. The van der Waals surface area contributed by atoms with Gasteiger partial charge in [-0.05, 0) is 31.3 Å². The van der Waals surface area contributed by atoms with Crippen molar-refractivity contribution in [2.24, 2.45) is 10.7 Å². The first-order valence-electron chi connectivity index (χ1n) is 10.7. The van der Waals surface area contributed by atoms with Crippen LogP contribution in [0.5, 0.6) is 0 Å². The van der Waals surface area contributed by atoms with E-state index in [-0.39, 0.29) is 0 Å². The largest absolute Gasteiger partial charge is 0.386 e. The molecule has 5 nitrogen and oxygen atoms in total. The summed E-state index contributed by atoms with van der Waals surface area (Å²) >= 11 is 6.65. The molecule has 6 heteroatoms. The number of nitrogens with zero attached hydrogens (tertiary/aromatic N) is 4. The molecule has 0 radical (unpaired) electrons. The second-order valence-corrected chi connectivity index (χ2v) is 8.06. The number of fused-ring (bicyclic) bond motifs is 1. The van der Waals surface area contributed by atoms with E-state index in [1.807, 2.05) is 36.4 Å². The zero-order chi connectivity index (χ0) is 21.8. The van der Waals surface area contributed by atoms with Gasteiger partial charge >= 0.3 is 0 Å². The van der Waals surface area contributed by atoms with Crippen molar-refractivity contribution < 1.29 is 0 Å². The van der Waals surface area contributed by atoms with Crippen LogP contribution in [0.2, 0.25) is 5.02 Å². The first kappa shape index (κ1) is 21.3. The van der Waals surface area contributed by atoms with E-state index in [2.05, 4.69) is 46.8 Å². The van der Waals surface area contributed by atoms with Crippen molar-refractivity contribution in [3.63, 3.8) is 0 Å². The summed E-state index contributed by atoms with van der Waals surface area (Å²) in [6.45, 7) is 8.82. The Morgan fingerprint density at radius 1 is 1.03 bits per heavy atom. The molecule has 2 N–H and O–H groups in total. The second-order valence-electron chi connectivity index (χ2n) is 7.65. The van der Waals surface area contributed by atoms with Gasteiger partial charge in [0.25, 0.3) is 0 Å². The first-order chi connectivity index (χ1) is 15.1. The maximum absolute atomic E-state index is 6.65. The zero-order valence-corrected chi connectivity index (χ0v) is 18.8. The van der Waals surface area contributed by atoms with Gasteiger partial charge in [0.1, 0.15) is 5.84 Å². The van der Waals surface area contributed by atoms with Gasteiger partial charge < -0.3 is 15.5 Å². The summed E-state index contributed by atoms with van der Waals surface area (Å²) in [5.41, 5.74) is 11.1. The highest BCUT2D eigenvalue weighted by Gasteiger charge is 2.25. The fourth-order valence-corrected chi connectivity index (χ4v) is 4.33. The lowest BCUT2D eigenvalue weighted by Gasteiger charge is -2.34. The average molecular weight is 434 g/mol. The molecule has 0 atom stereocenters. The summed E-state index contributed by atoms with van der Waals surface area (Å²) in [7, 11) is 0. The van der Waals surface area contributed by atoms with Crippen molar-refractivity contribution in [1.29, 1.82) is 0 Å². The Labute approximate surface area is 188 Å². The summed E-state index contributed by atoms with van der Waals surface area (Å²) in [6.07, 6.45) is 1.77. The predicted octanol–water partition coefficient (Wildman–Crippen LogP) is 4.73. The van der Waals surface area contributed by atoms with Crippen LogP contribution in [0.4, 0.5) is 0 Å². The molecule has 2 heterocycles. The number of hydrogen-bond donors (Lipinski definition) is 1. The van der Waals surface area contributed by atoms with E-state index in [9.17, 15) is 0 Å². The summed E-state index contributed by atoms with van der Waals surface area (Å²) in [5, 5.41) is 1.65. The van der Waals surface area contributed by atoms with Gasteiger partial charge in [0, 0.05) is 35.8 Å². The third-order valence-electron chi connectivity index (χ3n) is 5.71. The van der Waals surface area contributed by atoms with E-state index in [4.69, 9.17) is 22.3 Å². The molecule has 160 valence electrons. The molecule has 0 amide bonds. The Balaban J connectivity index is 1.87. The minimum atomic E-state index is 0.593. The SMILES string of the molecule is CCN(CC)CCN1CC(N)=NC(c2ccccc2)=C1c1cc(Cl)c2ncccc2c1. The number of halogens is 1. The Hall–Kier alpha value is -2.89. The molecule has 1 aliphatic rings. The van der Waals surface area contributed by atoms with Crippen LogP contribution in [0.3, 0.4) is 0 Å². The van der Waals surface area contributed by atoms with Gasteiger partial charge in [-0.15, -0.1) is 0 Å². The van der Waals surface area contributed by atoms with E-state index in [0.29, 0.717) is 17.4 Å². The van der Waals surface area contributed by atoms with Gasteiger partial charge in [-0.2, -0.15) is 0 Å². The molecular weight excluding hydrogens is 406 g/mol. The van der Waals surface area contributed by atoms with Crippen LogP contribution in [0.1, 0.15) is 25.0 Å². The summed E-state index contributed by atoms with van der Waals surface area (Å²) in [6, 6.07) is 18.3. The van der Waals surface area contributed by atoms with Crippen molar-refractivity contribution in [3.05, 3.63) is 76.9 Å². The molecular formula is C25H28ClN5. The molecule has 0 spiro atoms. The normalized spacial score (nSPS) is 14.5. The van der Waals surface area contributed by atoms with Crippen LogP contribution in [-0.4, -0.2) is 53.3 Å². The van der Waals surface area contributed by atoms with Gasteiger partial charge in [0.15, 0.2) is 0 Å². The van der Waals surface area contributed by atoms with Crippen LogP contribution in [0.25, 0.3) is 22.3 Å². The van der Waals surface area contributed by atoms with E-state index < -0.39 is 0 Å². The third-order valence-corrected chi connectivity index (χ3v) is 6.00.